The summed E-state index contributed by atoms with van der Waals surface area (Å²) in [5.41, 5.74) is 3.06. The highest BCUT2D eigenvalue weighted by Gasteiger charge is 2.36. The predicted octanol–water partition coefficient (Wildman–Crippen LogP) is 3.97. The maximum Gasteiger partial charge on any atom is 0.229 e. The van der Waals surface area contributed by atoms with Crippen LogP contribution in [0.2, 0.25) is 5.02 Å². The molecule has 0 aromatic heterocycles. The van der Waals surface area contributed by atoms with E-state index < -0.39 is 5.92 Å². The Morgan fingerprint density at radius 1 is 1.14 bits per heavy atom. The number of amides is 2. The number of benzene rings is 2. The number of rotatable bonds is 5. The molecule has 1 heterocycles. The van der Waals surface area contributed by atoms with Gasteiger partial charge in [0.25, 0.3) is 0 Å². The molecule has 0 spiro atoms. The molecule has 7 heteroatoms. The zero-order chi connectivity index (χ0) is 20.4. The zero-order valence-corrected chi connectivity index (χ0v) is 17.1. The third-order valence-electron chi connectivity index (χ3n) is 4.86. The molecule has 1 aliphatic heterocycles. The maximum absolute atomic E-state index is 12.8. The van der Waals surface area contributed by atoms with Gasteiger partial charge in [0.2, 0.25) is 11.8 Å². The predicted molar refractivity (Wildman–Crippen MR) is 110 cm³/mol. The molecule has 0 bridgehead atoms. The Kier molecular flexibility index (Phi) is 5.79. The molecule has 1 unspecified atom stereocenters. The lowest BCUT2D eigenvalue weighted by Gasteiger charge is -2.20. The van der Waals surface area contributed by atoms with Gasteiger partial charge in [0.15, 0.2) is 0 Å². The number of ether oxygens (including phenoxy) is 2. The summed E-state index contributed by atoms with van der Waals surface area (Å²) in [5, 5.41) is 3.43. The lowest BCUT2D eigenvalue weighted by molar-refractivity contribution is -0.122. The van der Waals surface area contributed by atoms with Crippen molar-refractivity contribution < 1.29 is 19.1 Å². The first kappa shape index (κ1) is 20.0. The summed E-state index contributed by atoms with van der Waals surface area (Å²) < 4.78 is 10.7. The highest BCUT2D eigenvalue weighted by molar-refractivity contribution is 6.31. The molecule has 148 valence electrons. The largest absolute Gasteiger partial charge is 0.495 e. The van der Waals surface area contributed by atoms with Gasteiger partial charge in [-0.3, -0.25) is 9.59 Å². The highest BCUT2D eigenvalue weighted by atomic mass is 35.5. The number of nitrogens with zero attached hydrogens (tertiary/aromatic N) is 1. The average molecular weight is 403 g/mol. The van der Waals surface area contributed by atoms with Crippen molar-refractivity contribution in [3.63, 3.8) is 0 Å². The van der Waals surface area contributed by atoms with Crippen LogP contribution in [0.1, 0.15) is 17.5 Å². The second kappa shape index (κ2) is 8.10. The maximum atomic E-state index is 12.8. The van der Waals surface area contributed by atoms with Gasteiger partial charge in [0.05, 0.1) is 31.5 Å². The van der Waals surface area contributed by atoms with Crippen LogP contribution in [0, 0.1) is 19.8 Å². The second-order valence-corrected chi connectivity index (χ2v) is 7.28. The van der Waals surface area contributed by atoms with Gasteiger partial charge < -0.3 is 19.7 Å². The SMILES string of the molecule is COc1cc(Cl)c(C)cc1NC(=O)C1CC(=O)N(c2cc(C)ccc2OC)C1. The van der Waals surface area contributed by atoms with E-state index in [4.69, 9.17) is 21.1 Å². The molecule has 1 fully saturated rings. The van der Waals surface area contributed by atoms with Gasteiger partial charge in [-0.1, -0.05) is 17.7 Å². The number of anilines is 2. The first-order chi connectivity index (χ1) is 13.3. The third kappa shape index (κ3) is 3.92. The molecule has 2 amide bonds. The molecule has 1 saturated heterocycles. The quantitative estimate of drug-likeness (QED) is 0.821. The van der Waals surface area contributed by atoms with Crippen LogP contribution in [0.5, 0.6) is 11.5 Å². The van der Waals surface area contributed by atoms with E-state index in [1.54, 1.807) is 24.1 Å². The summed E-state index contributed by atoms with van der Waals surface area (Å²) in [6.45, 7) is 4.09. The van der Waals surface area contributed by atoms with Gasteiger partial charge in [0.1, 0.15) is 11.5 Å². The van der Waals surface area contributed by atoms with E-state index in [0.717, 1.165) is 11.1 Å². The van der Waals surface area contributed by atoms with Gasteiger partial charge in [-0.05, 0) is 43.2 Å². The van der Waals surface area contributed by atoms with Crippen molar-refractivity contribution in [3.8, 4) is 11.5 Å². The molecule has 0 aliphatic carbocycles. The van der Waals surface area contributed by atoms with E-state index in [1.807, 2.05) is 32.0 Å². The molecule has 1 atom stereocenters. The summed E-state index contributed by atoms with van der Waals surface area (Å²) in [7, 11) is 3.08. The molecule has 1 aliphatic rings. The Balaban J connectivity index is 1.80. The van der Waals surface area contributed by atoms with Crippen LogP contribution in [-0.4, -0.2) is 32.6 Å². The van der Waals surface area contributed by atoms with E-state index in [1.165, 1.54) is 7.11 Å². The summed E-state index contributed by atoms with van der Waals surface area (Å²) in [5.74, 6) is 0.268. The Morgan fingerprint density at radius 3 is 2.54 bits per heavy atom. The van der Waals surface area contributed by atoms with Crippen molar-refractivity contribution in [3.05, 3.63) is 46.5 Å². The monoisotopic (exact) mass is 402 g/mol. The number of hydrogen-bond donors (Lipinski definition) is 1. The topological polar surface area (TPSA) is 67.9 Å². The molecule has 0 radical (unpaired) electrons. The molecule has 2 aromatic carbocycles. The molecule has 3 rings (SSSR count). The van der Waals surface area contributed by atoms with Crippen LogP contribution in [0.25, 0.3) is 0 Å². The molecule has 1 N–H and O–H groups in total. The first-order valence-corrected chi connectivity index (χ1v) is 9.31. The smallest absolute Gasteiger partial charge is 0.229 e. The third-order valence-corrected chi connectivity index (χ3v) is 5.27. The Morgan fingerprint density at radius 2 is 1.86 bits per heavy atom. The van der Waals surface area contributed by atoms with Gasteiger partial charge in [-0.15, -0.1) is 0 Å². The minimum absolute atomic E-state index is 0.108. The summed E-state index contributed by atoms with van der Waals surface area (Å²) >= 11 is 6.12. The van der Waals surface area contributed by atoms with Gasteiger partial charge >= 0.3 is 0 Å². The van der Waals surface area contributed by atoms with Gasteiger partial charge in [-0.2, -0.15) is 0 Å². The number of halogens is 1. The van der Waals surface area contributed by atoms with Crippen molar-refractivity contribution in [1.82, 2.24) is 0 Å². The zero-order valence-electron chi connectivity index (χ0n) is 16.3. The minimum atomic E-state index is -0.474. The van der Waals surface area contributed by atoms with Crippen molar-refractivity contribution >= 4 is 34.8 Å². The van der Waals surface area contributed by atoms with Gasteiger partial charge in [-0.25, -0.2) is 0 Å². The van der Waals surface area contributed by atoms with E-state index in [0.29, 0.717) is 34.4 Å². The number of nitrogens with one attached hydrogen (secondary N) is 1. The van der Waals surface area contributed by atoms with E-state index in [-0.39, 0.29) is 18.2 Å². The second-order valence-electron chi connectivity index (χ2n) is 6.87. The van der Waals surface area contributed by atoms with E-state index in [2.05, 4.69) is 5.32 Å². The van der Waals surface area contributed by atoms with Crippen LogP contribution in [0.15, 0.2) is 30.3 Å². The van der Waals surface area contributed by atoms with Crippen LogP contribution in [0.3, 0.4) is 0 Å². The van der Waals surface area contributed by atoms with Crippen molar-refractivity contribution in [2.45, 2.75) is 20.3 Å². The lowest BCUT2D eigenvalue weighted by atomic mass is 10.1. The molecule has 2 aromatic rings. The number of methoxy groups -OCH3 is 2. The summed E-state index contributed by atoms with van der Waals surface area (Å²) in [6, 6.07) is 9.06. The van der Waals surface area contributed by atoms with Crippen LogP contribution < -0.4 is 19.7 Å². The fourth-order valence-electron chi connectivity index (χ4n) is 3.29. The van der Waals surface area contributed by atoms with Gasteiger partial charge in [0, 0.05) is 24.1 Å². The summed E-state index contributed by atoms with van der Waals surface area (Å²) in [6.07, 6.45) is 0.137. The van der Waals surface area contributed by atoms with Crippen LogP contribution in [0.4, 0.5) is 11.4 Å². The fourth-order valence-corrected chi connectivity index (χ4v) is 3.45. The molecule has 28 heavy (non-hydrogen) atoms. The molecule has 0 saturated carbocycles. The molecular formula is C21H23ClN2O4. The standard InChI is InChI=1S/C21H23ClN2O4/c1-12-5-6-18(27-3)17(7-12)24-11-14(9-20(24)25)21(26)23-16-8-13(2)15(22)10-19(16)28-4/h5-8,10,14H,9,11H2,1-4H3,(H,23,26). The first-order valence-electron chi connectivity index (χ1n) is 8.94. The van der Waals surface area contributed by atoms with Crippen molar-refractivity contribution in [2.24, 2.45) is 5.92 Å². The normalized spacial score (nSPS) is 16.2. The number of hydrogen-bond acceptors (Lipinski definition) is 4. The molecule has 6 nitrogen and oxygen atoms in total. The Labute approximate surface area is 169 Å². The van der Waals surface area contributed by atoms with Crippen molar-refractivity contribution in [1.29, 1.82) is 0 Å². The average Bonchev–Trinajstić information content (AvgIpc) is 3.06. The molecular weight excluding hydrogens is 380 g/mol. The minimum Gasteiger partial charge on any atom is -0.495 e. The van der Waals surface area contributed by atoms with Crippen molar-refractivity contribution in [2.75, 3.05) is 31.0 Å². The van der Waals surface area contributed by atoms with E-state index in [9.17, 15) is 9.59 Å². The Bertz CT molecular complexity index is 929. The Hall–Kier alpha value is -2.73. The van der Waals surface area contributed by atoms with Crippen LogP contribution in [-0.2, 0) is 9.59 Å². The van der Waals surface area contributed by atoms with Crippen LogP contribution >= 0.6 is 11.6 Å². The van der Waals surface area contributed by atoms with E-state index >= 15 is 0 Å². The highest BCUT2D eigenvalue weighted by Crippen LogP contribution is 2.35. The lowest BCUT2D eigenvalue weighted by Crippen LogP contribution is -2.28. The summed E-state index contributed by atoms with van der Waals surface area (Å²) in [4.78, 5) is 27.0. The fraction of sp³-hybridized carbons (Fsp3) is 0.333. The number of aryl methyl sites for hydroxylation is 2. The number of carbonyl (C=O) groups excluding carboxylic acids is 2. The number of carbonyl (C=O) groups is 2.